The Hall–Kier alpha value is -1.73. The normalized spacial score (nSPS) is 20.4. The third kappa shape index (κ3) is 3.23. The van der Waals surface area contributed by atoms with E-state index in [0.29, 0.717) is 18.3 Å². The molecule has 0 radical (unpaired) electrons. The molecule has 1 saturated heterocycles. The molecule has 0 N–H and O–H groups in total. The summed E-state index contributed by atoms with van der Waals surface area (Å²) in [5, 5.41) is 8.11. The summed E-state index contributed by atoms with van der Waals surface area (Å²) in [5.41, 5.74) is 1.17. The summed E-state index contributed by atoms with van der Waals surface area (Å²) in [6.45, 7) is 7.77. The number of nitrogens with zero attached hydrogens (tertiary/aromatic N) is 5. The smallest absolute Gasteiger partial charge is 0.240 e. The van der Waals surface area contributed by atoms with E-state index in [0.717, 1.165) is 26.2 Å². The lowest BCUT2D eigenvalue weighted by molar-refractivity contribution is -0.0426. The number of aromatic nitrogens is 4. The molecule has 2 aromatic heterocycles. The lowest BCUT2D eigenvalue weighted by Crippen LogP contribution is -2.43. The molecule has 0 spiro atoms. The molecule has 0 aliphatic carbocycles. The minimum Gasteiger partial charge on any atom is -0.374 e. The molecule has 3 heterocycles. The van der Waals surface area contributed by atoms with Gasteiger partial charge in [0.05, 0.1) is 32.0 Å². The summed E-state index contributed by atoms with van der Waals surface area (Å²) < 4.78 is 12.9. The van der Waals surface area contributed by atoms with E-state index >= 15 is 0 Å². The average molecular weight is 277 g/mol. The van der Waals surface area contributed by atoms with Gasteiger partial charge in [0.25, 0.3) is 0 Å². The summed E-state index contributed by atoms with van der Waals surface area (Å²) in [7, 11) is 0. The molecule has 1 atom stereocenters. The molecule has 0 bridgehead atoms. The first kappa shape index (κ1) is 13.3. The van der Waals surface area contributed by atoms with Crippen LogP contribution in [-0.4, -0.2) is 50.6 Å². The van der Waals surface area contributed by atoms with Gasteiger partial charge >= 0.3 is 0 Å². The maximum atomic E-state index is 5.80. The van der Waals surface area contributed by atoms with Crippen molar-refractivity contribution in [2.24, 2.45) is 0 Å². The highest BCUT2D eigenvalue weighted by Gasteiger charge is 2.22. The van der Waals surface area contributed by atoms with E-state index < -0.39 is 0 Å². The fourth-order valence-corrected chi connectivity index (χ4v) is 2.41. The Kier molecular flexibility index (Phi) is 3.79. The number of morpholine rings is 1. The predicted molar refractivity (Wildman–Crippen MR) is 71.0 cm³/mol. The van der Waals surface area contributed by atoms with Gasteiger partial charge in [0, 0.05) is 19.3 Å². The first-order valence-electron chi connectivity index (χ1n) is 6.81. The van der Waals surface area contributed by atoms with Crippen LogP contribution in [0.4, 0.5) is 0 Å². The molecule has 0 amide bonds. The summed E-state index contributed by atoms with van der Waals surface area (Å²) in [6.07, 6.45) is 4.04. The Labute approximate surface area is 117 Å². The first-order chi connectivity index (χ1) is 9.69. The van der Waals surface area contributed by atoms with Gasteiger partial charge in [0.2, 0.25) is 5.89 Å². The van der Waals surface area contributed by atoms with Crippen molar-refractivity contribution in [2.45, 2.75) is 33.0 Å². The van der Waals surface area contributed by atoms with Crippen LogP contribution in [0.2, 0.25) is 0 Å². The fraction of sp³-hybridized carbons (Fsp3) is 0.615. The maximum Gasteiger partial charge on any atom is 0.240 e. The van der Waals surface area contributed by atoms with Crippen molar-refractivity contribution in [1.82, 2.24) is 24.8 Å². The Morgan fingerprint density at radius 3 is 3.00 bits per heavy atom. The molecule has 0 saturated carbocycles. The highest BCUT2D eigenvalue weighted by molar-refractivity contribution is 4.99. The molecule has 0 aromatic carbocycles. The minimum absolute atomic E-state index is 0.145. The molecular formula is C13H19N5O2. The monoisotopic (exact) mass is 277 g/mol. The van der Waals surface area contributed by atoms with Gasteiger partial charge in [0.1, 0.15) is 0 Å². The fourth-order valence-electron chi connectivity index (χ4n) is 2.41. The van der Waals surface area contributed by atoms with E-state index in [1.807, 2.05) is 30.9 Å². The quantitative estimate of drug-likeness (QED) is 0.822. The molecule has 7 nitrogen and oxygen atoms in total. The SMILES string of the molecule is Cc1cnn(C[C@@H]2CN(Cc3nc(C)no3)CCO2)c1. The molecule has 1 aliphatic rings. The van der Waals surface area contributed by atoms with Crippen molar-refractivity contribution in [3.05, 3.63) is 29.7 Å². The van der Waals surface area contributed by atoms with Crippen molar-refractivity contribution in [3.63, 3.8) is 0 Å². The van der Waals surface area contributed by atoms with Crippen LogP contribution in [0.5, 0.6) is 0 Å². The van der Waals surface area contributed by atoms with Gasteiger partial charge < -0.3 is 9.26 Å². The van der Waals surface area contributed by atoms with Crippen LogP contribution in [-0.2, 0) is 17.8 Å². The topological polar surface area (TPSA) is 69.2 Å². The lowest BCUT2D eigenvalue weighted by atomic mass is 10.2. The highest BCUT2D eigenvalue weighted by Crippen LogP contribution is 2.11. The van der Waals surface area contributed by atoms with Crippen LogP contribution in [0.1, 0.15) is 17.3 Å². The van der Waals surface area contributed by atoms with Gasteiger partial charge in [-0.3, -0.25) is 9.58 Å². The molecule has 1 aliphatic heterocycles. The van der Waals surface area contributed by atoms with Gasteiger partial charge in [-0.15, -0.1) is 0 Å². The van der Waals surface area contributed by atoms with Crippen molar-refractivity contribution >= 4 is 0 Å². The lowest BCUT2D eigenvalue weighted by Gasteiger charge is -2.31. The van der Waals surface area contributed by atoms with Gasteiger partial charge in [-0.25, -0.2) is 0 Å². The van der Waals surface area contributed by atoms with Crippen molar-refractivity contribution in [1.29, 1.82) is 0 Å². The number of aryl methyl sites for hydroxylation is 2. The van der Waals surface area contributed by atoms with Gasteiger partial charge in [-0.05, 0) is 19.4 Å². The Morgan fingerprint density at radius 2 is 2.30 bits per heavy atom. The van der Waals surface area contributed by atoms with Crippen molar-refractivity contribution in [2.75, 3.05) is 19.7 Å². The molecule has 1 fully saturated rings. The second-order valence-electron chi connectivity index (χ2n) is 5.20. The second kappa shape index (κ2) is 5.72. The summed E-state index contributed by atoms with van der Waals surface area (Å²) in [5.74, 6) is 1.34. The summed E-state index contributed by atoms with van der Waals surface area (Å²) in [4.78, 5) is 6.51. The third-order valence-electron chi connectivity index (χ3n) is 3.30. The van der Waals surface area contributed by atoms with Crippen LogP contribution in [0, 0.1) is 13.8 Å². The molecule has 0 unspecified atom stereocenters. The predicted octanol–water partition coefficient (Wildman–Crippen LogP) is 0.784. The zero-order chi connectivity index (χ0) is 13.9. The molecule has 108 valence electrons. The van der Waals surface area contributed by atoms with E-state index in [4.69, 9.17) is 9.26 Å². The third-order valence-corrected chi connectivity index (χ3v) is 3.30. The van der Waals surface area contributed by atoms with Crippen LogP contribution in [0.3, 0.4) is 0 Å². The van der Waals surface area contributed by atoms with Crippen LogP contribution >= 0.6 is 0 Å². The van der Waals surface area contributed by atoms with E-state index in [1.54, 1.807) is 0 Å². The zero-order valence-corrected chi connectivity index (χ0v) is 11.8. The Bertz CT molecular complexity index is 516. The molecule has 7 heteroatoms. The van der Waals surface area contributed by atoms with Crippen LogP contribution in [0.15, 0.2) is 16.9 Å². The largest absolute Gasteiger partial charge is 0.374 e. The van der Waals surface area contributed by atoms with Gasteiger partial charge in [-0.1, -0.05) is 5.16 Å². The van der Waals surface area contributed by atoms with Gasteiger partial charge in [0.15, 0.2) is 5.82 Å². The second-order valence-corrected chi connectivity index (χ2v) is 5.20. The van der Waals surface area contributed by atoms with Crippen LogP contribution in [0.25, 0.3) is 0 Å². The Morgan fingerprint density at radius 1 is 1.40 bits per heavy atom. The first-order valence-corrected chi connectivity index (χ1v) is 6.81. The van der Waals surface area contributed by atoms with Crippen molar-refractivity contribution < 1.29 is 9.26 Å². The number of hydrogen-bond acceptors (Lipinski definition) is 6. The molecular weight excluding hydrogens is 258 g/mol. The molecule has 3 rings (SSSR count). The minimum atomic E-state index is 0.145. The zero-order valence-electron chi connectivity index (χ0n) is 11.8. The number of ether oxygens (including phenoxy) is 1. The average Bonchev–Trinajstić information content (AvgIpc) is 2.99. The van der Waals surface area contributed by atoms with Gasteiger partial charge in [-0.2, -0.15) is 10.1 Å². The van der Waals surface area contributed by atoms with Crippen molar-refractivity contribution in [3.8, 4) is 0 Å². The van der Waals surface area contributed by atoms with E-state index in [-0.39, 0.29) is 6.10 Å². The van der Waals surface area contributed by atoms with E-state index in [9.17, 15) is 0 Å². The van der Waals surface area contributed by atoms with Crippen LogP contribution < -0.4 is 0 Å². The maximum absolute atomic E-state index is 5.80. The molecule has 2 aromatic rings. The number of rotatable bonds is 4. The van der Waals surface area contributed by atoms with E-state index in [2.05, 4.69) is 20.1 Å². The number of hydrogen-bond donors (Lipinski definition) is 0. The summed E-state index contributed by atoms with van der Waals surface area (Å²) >= 11 is 0. The standard InChI is InChI=1S/C13H19N5O2/c1-10-5-14-18(6-10)8-12-7-17(3-4-19-12)9-13-15-11(2)16-20-13/h5-6,12H,3-4,7-9H2,1-2H3/t12-/m0/s1. The summed E-state index contributed by atoms with van der Waals surface area (Å²) in [6, 6.07) is 0. The highest BCUT2D eigenvalue weighted by atomic mass is 16.5. The van der Waals surface area contributed by atoms with E-state index in [1.165, 1.54) is 5.56 Å². The molecule has 20 heavy (non-hydrogen) atoms. The Balaban J connectivity index is 1.56.